The van der Waals surface area contributed by atoms with E-state index in [-0.39, 0.29) is 28.1 Å². The van der Waals surface area contributed by atoms with Crippen LogP contribution in [0.5, 0.6) is 0 Å². The topological polar surface area (TPSA) is 69.4 Å². The van der Waals surface area contributed by atoms with Crippen molar-refractivity contribution in [1.82, 2.24) is 0 Å². The number of benzene rings is 1. The van der Waals surface area contributed by atoms with E-state index in [2.05, 4.69) is 13.0 Å². The van der Waals surface area contributed by atoms with Crippen molar-refractivity contribution in [2.45, 2.75) is 71.1 Å². The Morgan fingerprint density at radius 1 is 1.31 bits per heavy atom. The molecule has 0 spiro atoms. The molecule has 0 saturated heterocycles. The second kappa shape index (κ2) is 6.36. The second-order valence-corrected chi connectivity index (χ2v) is 8.71. The lowest BCUT2D eigenvalue weighted by atomic mass is 9.49. The molecule has 0 N–H and O–H groups in total. The van der Waals surface area contributed by atoms with Gasteiger partial charge in [-0.05, 0) is 55.4 Å². The molecule has 2 aliphatic rings. The summed E-state index contributed by atoms with van der Waals surface area (Å²) in [7, 11) is 1.45. The monoisotopic (exact) mass is 359 g/mol. The molecule has 1 saturated carbocycles. The Bertz CT molecular complexity index is 757. The summed E-state index contributed by atoms with van der Waals surface area (Å²) in [5.41, 5.74) is 2.30. The molecule has 0 aliphatic heterocycles. The van der Waals surface area contributed by atoms with Crippen molar-refractivity contribution in [2.24, 2.45) is 11.3 Å². The van der Waals surface area contributed by atoms with Gasteiger partial charge in [-0.25, -0.2) is 0 Å². The number of ether oxygens (including phenoxy) is 1. The number of rotatable bonds is 3. The fourth-order valence-electron chi connectivity index (χ4n) is 5.72. The molecule has 0 unspecified atom stereocenters. The number of nitro benzene ring substituents is 1. The lowest BCUT2D eigenvalue weighted by molar-refractivity contribution is -0.386. The van der Waals surface area contributed by atoms with Crippen LogP contribution in [0, 0.1) is 21.4 Å². The molecule has 0 bridgehead atoms. The quantitative estimate of drug-likeness (QED) is 0.437. The summed E-state index contributed by atoms with van der Waals surface area (Å²) in [6.45, 7) is 8.20. The first-order chi connectivity index (χ1) is 12.2. The largest absolute Gasteiger partial charge is 0.469 e. The van der Waals surface area contributed by atoms with Gasteiger partial charge in [0.25, 0.3) is 5.69 Å². The zero-order valence-electron chi connectivity index (χ0n) is 16.4. The first-order valence-electron chi connectivity index (χ1n) is 9.56. The van der Waals surface area contributed by atoms with Crippen molar-refractivity contribution in [1.29, 1.82) is 0 Å². The Morgan fingerprint density at radius 2 is 2.00 bits per heavy atom. The lowest BCUT2D eigenvalue weighted by Crippen LogP contribution is -2.52. The number of carbonyl (C=O) groups excluding carboxylic acids is 1. The van der Waals surface area contributed by atoms with Crippen molar-refractivity contribution in [3.8, 4) is 0 Å². The van der Waals surface area contributed by atoms with Gasteiger partial charge in [0.05, 0.1) is 17.4 Å². The number of nitrogens with zero attached hydrogens (tertiary/aromatic N) is 1. The summed E-state index contributed by atoms with van der Waals surface area (Å²) >= 11 is 0. The fourth-order valence-corrected chi connectivity index (χ4v) is 5.72. The van der Waals surface area contributed by atoms with Gasteiger partial charge in [0, 0.05) is 11.1 Å². The molecule has 0 aromatic heterocycles. The highest BCUT2D eigenvalue weighted by molar-refractivity contribution is 5.77. The number of methoxy groups -OCH3 is 1. The van der Waals surface area contributed by atoms with Gasteiger partial charge in [0.2, 0.25) is 0 Å². The van der Waals surface area contributed by atoms with Crippen LogP contribution in [0.3, 0.4) is 0 Å². The second-order valence-electron chi connectivity index (χ2n) is 8.71. The van der Waals surface area contributed by atoms with E-state index in [1.807, 2.05) is 26.8 Å². The van der Waals surface area contributed by atoms with Crippen LogP contribution < -0.4 is 0 Å². The van der Waals surface area contributed by atoms with Gasteiger partial charge in [0.1, 0.15) is 0 Å². The molecule has 0 amide bonds. The summed E-state index contributed by atoms with van der Waals surface area (Å²) in [5, 5.41) is 11.9. The molecule has 5 heteroatoms. The van der Waals surface area contributed by atoms with E-state index in [4.69, 9.17) is 4.74 Å². The van der Waals surface area contributed by atoms with Crippen LogP contribution >= 0.6 is 0 Å². The maximum absolute atomic E-state index is 12.6. The predicted molar refractivity (Wildman–Crippen MR) is 100 cm³/mol. The maximum Gasteiger partial charge on any atom is 0.311 e. The van der Waals surface area contributed by atoms with Gasteiger partial charge >= 0.3 is 5.97 Å². The van der Waals surface area contributed by atoms with Gasteiger partial charge in [-0.3, -0.25) is 14.9 Å². The third-order valence-corrected chi connectivity index (χ3v) is 7.00. The summed E-state index contributed by atoms with van der Waals surface area (Å²) in [6, 6.07) is 4.02. The van der Waals surface area contributed by atoms with E-state index in [9.17, 15) is 14.9 Å². The van der Waals surface area contributed by atoms with Crippen LogP contribution in [0.2, 0.25) is 0 Å². The first kappa shape index (κ1) is 18.9. The molecule has 1 aromatic rings. The Balaban J connectivity index is 2.18. The fraction of sp³-hybridized carbons (Fsp3) is 0.667. The van der Waals surface area contributed by atoms with Crippen LogP contribution in [0.15, 0.2) is 12.1 Å². The number of esters is 1. The van der Waals surface area contributed by atoms with Gasteiger partial charge in [-0.1, -0.05) is 39.3 Å². The van der Waals surface area contributed by atoms with E-state index < -0.39 is 5.41 Å². The van der Waals surface area contributed by atoms with Crippen LogP contribution in [0.4, 0.5) is 5.69 Å². The molecule has 3 atom stereocenters. The van der Waals surface area contributed by atoms with E-state index in [0.717, 1.165) is 42.4 Å². The smallest absolute Gasteiger partial charge is 0.311 e. The van der Waals surface area contributed by atoms with Crippen LogP contribution in [-0.2, 0) is 21.4 Å². The van der Waals surface area contributed by atoms with E-state index in [0.29, 0.717) is 12.1 Å². The summed E-state index contributed by atoms with van der Waals surface area (Å²) in [5.74, 6) is 0.108. The molecule has 1 fully saturated rings. The summed E-state index contributed by atoms with van der Waals surface area (Å²) in [6.07, 6.45) is 4.14. The van der Waals surface area contributed by atoms with Gasteiger partial charge in [0.15, 0.2) is 0 Å². The molecular weight excluding hydrogens is 330 g/mol. The molecule has 5 nitrogen and oxygen atoms in total. The Labute approximate surface area is 155 Å². The molecule has 142 valence electrons. The third-order valence-electron chi connectivity index (χ3n) is 7.00. The highest BCUT2D eigenvalue weighted by atomic mass is 16.6. The highest BCUT2D eigenvalue weighted by Gasteiger charge is 2.56. The molecule has 26 heavy (non-hydrogen) atoms. The highest BCUT2D eigenvalue weighted by Crippen LogP contribution is 2.58. The van der Waals surface area contributed by atoms with Crippen molar-refractivity contribution in [3.63, 3.8) is 0 Å². The van der Waals surface area contributed by atoms with Crippen molar-refractivity contribution < 1.29 is 14.5 Å². The number of hydrogen-bond acceptors (Lipinski definition) is 4. The molecule has 2 aliphatic carbocycles. The predicted octanol–water partition coefficient (Wildman–Crippen LogP) is 4.90. The Kier molecular flexibility index (Phi) is 4.62. The van der Waals surface area contributed by atoms with E-state index in [1.165, 1.54) is 7.11 Å². The minimum absolute atomic E-state index is 0.109. The molecule has 0 radical (unpaired) electrons. The Hall–Kier alpha value is -1.91. The molecule has 3 rings (SSSR count). The summed E-state index contributed by atoms with van der Waals surface area (Å²) in [4.78, 5) is 24.3. The SMILES string of the molecule is COC(=O)[C@]1(C)CCC[C@]2(C)c3ccc(C(C)C)c([N+](=O)[O-])c3CC[C@@H]12. The molecular formula is C21H29NO4. The average Bonchev–Trinajstić information content (AvgIpc) is 2.59. The van der Waals surface area contributed by atoms with Gasteiger partial charge < -0.3 is 4.74 Å². The lowest BCUT2D eigenvalue weighted by Gasteiger charge is -2.53. The van der Waals surface area contributed by atoms with Gasteiger partial charge in [-0.2, -0.15) is 0 Å². The van der Waals surface area contributed by atoms with Gasteiger partial charge in [-0.15, -0.1) is 0 Å². The number of nitro groups is 1. The van der Waals surface area contributed by atoms with E-state index in [1.54, 1.807) is 0 Å². The van der Waals surface area contributed by atoms with Crippen LogP contribution in [-0.4, -0.2) is 18.0 Å². The molecule has 0 heterocycles. The van der Waals surface area contributed by atoms with Crippen LogP contribution in [0.25, 0.3) is 0 Å². The average molecular weight is 359 g/mol. The maximum atomic E-state index is 12.6. The van der Waals surface area contributed by atoms with E-state index >= 15 is 0 Å². The van der Waals surface area contributed by atoms with Crippen molar-refractivity contribution in [3.05, 3.63) is 38.9 Å². The zero-order valence-corrected chi connectivity index (χ0v) is 16.4. The third kappa shape index (κ3) is 2.55. The van der Waals surface area contributed by atoms with Crippen molar-refractivity contribution >= 4 is 11.7 Å². The normalized spacial score (nSPS) is 30.5. The summed E-state index contributed by atoms with van der Waals surface area (Å²) < 4.78 is 5.14. The molecule has 1 aromatic carbocycles. The van der Waals surface area contributed by atoms with Crippen LogP contribution in [0.1, 0.15) is 76.0 Å². The zero-order chi connectivity index (χ0) is 19.3. The number of fused-ring (bicyclic) bond motifs is 3. The minimum Gasteiger partial charge on any atom is -0.469 e. The first-order valence-corrected chi connectivity index (χ1v) is 9.56. The standard InChI is InChI=1S/C21H29NO4/c1-13(2)14-7-9-16-15(18(14)22(24)25)8-10-17-20(16,3)11-6-12-21(17,4)19(23)26-5/h7,9,13,17H,6,8,10-12H2,1-5H3/t17-,20-,21-/m1/s1. The number of hydrogen-bond donors (Lipinski definition) is 0. The number of carbonyl (C=O) groups is 1. The minimum atomic E-state index is -0.523. The Morgan fingerprint density at radius 3 is 2.58 bits per heavy atom. The van der Waals surface area contributed by atoms with Crippen molar-refractivity contribution in [2.75, 3.05) is 7.11 Å².